The molecule has 1 aromatic carbocycles. The molecule has 9 nitrogen and oxygen atoms in total. The number of esters is 2. The molecule has 162 valence electrons. The summed E-state index contributed by atoms with van der Waals surface area (Å²) in [6.45, 7) is 5.37. The zero-order chi connectivity index (χ0) is 22.8. The number of hydrogen-bond donors (Lipinski definition) is 0. The Balaban J connectivity index is 2.10. The van der Waals surface area contributed by atoms with Gasteiger partial charge in [-0.25, -0.2) is 14.4 Å². The van der Waals surface area contributed by atoms with E-state index in [1.165, 1.54) is 24.9 Å². The second kappa shape index (κ2) is 8.55. The van der Waals surface area contributed by atoms with Crippen molar-refractivity contribution in [2.45, 2.75) is 32.8 Å². The lowest BCUT2D eigenvalue weighted by molar-refractivity contribution is 0.0541. The van der Waals surface area contributed by atoms with Gasteiger partial charge in [0.05, 0.1) is 19.7 Å². The van der Waals surface area contributed by atoms with Crippen LogP contribution < -0.4 is 0 Å². The summed E-state index contributed by atoms with van der Waals surface area (Å²) in [5, 5.41) is 8.41. The lowest BCUT2D eigenvalue weighted by Gasteiger charge is -2.19. The molecule has 0 saturated carbocycles. The Hall–Kier alpha value is -3.75. The standard InChI is InChI=1S/C22H23N3O6/c1-22(2,3)31-21(28)25-12-14(15-8-6-7-9-17(15)25)10-13-11-16(19(26)29-4)23-24-18(13)20(27)30-5/h6-9,11-12H,10H2,1-5H3. The molecule has 2 aromatic heterocycles. The Morgan fingerprint density at radius 3 is 2.29 bits per heavy atom. The molecule has 31 heavy (non-hydrogen) atoms. The van der Waals surface area contributed by atoms with Crippen molar-refractivity contribution in [3.8, 4) is 0 Å². The highest BCUT2D eigenvalue weighted by Crippen LogP contribution is 2.26. The SMILES string of the molecule is COC(=O)c1cc(Cc2cn(C(=O)OC(C)(C)C)c3ccccc23)c(C(=O)OC)nn1. The van der Waals surface area contributed by atoms with E-state index in [2.05, 4.69) is 10.2 Å². The first-order valence-electron chi connectivity index (χ1n) is 9.50. The Labute approximate surface area is 178 Å². The molecule has 0 amide bonds. The maximum atomic E-state index is 12.7. The largest absolute Gasteiger partial charge is 0.464 e. The number of ether oxygens (including phenoxy) is 3. The second-order valence-corrected chi connectivity index (χ2v) is 7.79. The summed E-state index contributed by atoms with van der Waals surface area (Å²) in [6, 6.07) is 8.76. The number of carbonyl (C=O) groups is 3. The lowest BCUT2D eigenvalue weighted by Crippen LogP contribution is -2.26. The van der Waals surface area contributed by atoms with Gasteiger partial charge in [0, 0.05) is 18.0 Å². The molecular formula is C22H23N3O6. The van der Waals surface area contributed by atoms with E-state index >= 15 is 0 Å². The zero-order valence-electron chi connectivity index (χ0n) is 18.0. The van der Waals surface area contributed by atoms with Gasteiger partial charge in [0.15, 0.2) is 11.4 Å². The summed E-state index contributed by atoms with van der Waals surface area (Å²) in [7, 11) is 2.46. The molecule has 0 spiro atoms. The first-order chi connectivity index (χ1) is 14.6. The minimum Gasteiger partial charge on any atom is -0.464 e. The van der Waals surface area contributed by atoms with Crippen LogP contribution in [0.4, 0.5) is 4.79 Å². The summed E-state index contributed by atoms with van der Waals surface area (Å²) in [4.78, 5) is 36.8. The molecule has 3 rings (SSSR count). The van der Waals surface area contributed by atoms with Crippen molar-refractivity contribution in [2.24, 2.45) is 0 Å². The minimum absolute atomic E-state index is 0.0238. The first kappa shape index (κ1) is 21.9. The molecule has 0 aliphatic rings. The summed E-state index contributed by atoms with van der Waals surface area (Å²) in [6.07, 6.45) is 1.32. The Kier molecular flexibility index (Phi) is 6.05. The topological polar surface area (TPSA) is 110 Å². The maximum absolute atomic E-state index is 12.7. The van der Waals surface area contributed by atoms with E-state index in [4.69, 9.17) is 14.2 Å². The van der Waals surface area contributed by atoms with Gasteiger partial charge in [-0.2, -0.15) is 0 Å². The van der Waals surface area contributed by atoms with E-state index in [-0.39, 0.29) is 17.8 Å². The van der Waals surface area contributed by atoms with Gasteiger partial charge >= 0.3 is 18.0 Å². The van der Waals surface area contributed by atoms with Crippen LogP contribution in [0, 0.1) is 0 Å². The van der Waals surface area contributed by atoms with Crippen LogP contribution in [0.25, 0.3) is 10.9 Å². The van der Waals surface area contributed by atoms with Gasteiger partial charge in [-0.3, -0.25) is 4.57 Å². The van der Waals surface area contributed by atoms with Crippen LogP contribution >= 0.6 is 0 Å². The number of benzene rings is 1. The van der Waals surface area contributed by atoms with Gasteiger partial charge < -0.3 is 14.2 Å². The predicted molar refractivity (Wildman–Crippen MR) is 111 cm³/mol. The number of para-hydroxylation sites is 1. The van der Waals surface area contributed by atoms with Crippen molar-refractivity contribution >= 4 is 28.9 Å². The molecule has 3 aromatic rings. The minimum atomic E-state index is -0.685. The van der Waals surface area contributed by atoms with Crippen LogP contribution in [0.15, 0.2) is 36.5 Å². The highest BCUT2D eigenvalue weighted by molar-refractivity contribution is 5.94. The average Bonchev–Trinajstić information content (AvgIpc) is 3.10. The van der Waals surface area contributed by atoms with Crippen LogP contribution in [0.5, 0.6) is 0 Å². The van der Waals surface area contributed by atoms with Crippen LogP contribution in [-0.2, 0) is 20.6 Å². The molecule has 0 saturated heterocycles. The number of carbonyl (C=O) groups excluding carboxylic acids is 3. The summed E-state index contributed by atoms with van der Waals surface area (Å²) < 4.78 is 16.4. The molecule has 0 aliphatic heterocycles. The van der Waals surface area contributed by atoms with E-state index in [1.807, 2.05) is 18.2 Å². The Morgan fingerprint density at radius 1 is 0.968 bits per heavy atom. The molecule has 9 heteroatoms. The van der Waals surface area contributed by atoms with Gasteiger partial charge in [-0.05, 0) is 44.0 Å². The summed E-state index contributed by atoms with van der Waals surface area (Å²) >= 11 is 0. The molecule has 0 N–H and O–H groups in total. The molecule has 0 fully saturated rings. The maximum Gasteiger partial charge on any atom is 0.419 e. The van der Waals surface area contributed by atoms with Gasteiger partial charge in [0.2, 0.25) is 0 Å². The first-order valence-corrected chi connectivity index (χ1v) is 9.50. The van der Waals surface area contributed by atoms with E-state index in [9.17, 15) is 14.4 Å². The van der Waals surface area contributed by atoms with Crippen LogP contribution in [0.3, 0.4) is 0 Å². The van der Waals surface area contributed by atoms with E-state index in [0.29, 0.717) is 11.1 Å². The Morgan fingerprint density at radius 2 is 1.65 bits per heavy atom. The van der Waals surface area contributed by atoms with Crippen molar-refractivity contribution in [3.05, 3.63) is 59.0 Å². The van der Waals surface area contributed by atoms with Crippen LogP contribution in [-0.4, -0.2) is 52.6 Å². The predicted octanol–water partition coefficient (Wildman–Crippen LogP) is 3.38. The lowest BCUT2D eigenvalue weighted by atomic mass is 10.0. The summed E-state index contributed by atoms with van der Waals surface area (Å²) in [5.41, 5.74) is 1.07. The van der Waals surface area contributed by atoms with Gasteiger partial charge in [-0.15, -0.1) is 10.2 Å². The quantitative estimate of drug-likeness (QED) is 0.462. The van der Waals surface area contributed by atoms with Crippen molar-refractivity contribution in [1.29, 1.82) is 0 Å². The molecule has 0 unspecified atom stereocenters. The van der Waals surface area contributed by atoms with E-state index in [1.54, 1.807) is 33.0 Å². The third kappa shape index (κ3) is 4.71. The number of rotatable bonds is 4. The zero-order valence-corrected chi connectivity index (χ0v) is 18.0. The monoisotopic (exact) mass is 425 g/mol. The molecular weight excluding hydrogens is 402 g/mol. The molecule has 0 radical (unpaired) electrons. The fraction of sp³-hybridized carbons (Fsp3) is 0.318. The Bertz CT molecular complexity index is 1160. The van der Waals surface area contributed by atoms with Gasteiger partial charge in [0.1, 0.15) is 5.60 Å². The fourth-order valence-electron chi connectivity index (χ4n) is 3.10. The van der Waals surface area contributed by atoms with Gasteiger partial charge in [-0.1, -0.05) is 18.2 Å². The third-order valence-electron chi connectivity index (χ3n) is 4.41. The van der Waals surface area contributed by atoms with Gasteiger partial charge in [0.25, 0.3) is 0 Å². The van der Waals surface area contributed by atoms with Crippen LogP contribution in [0.1, 0.15) is 52.9 Å². The molecule has 0 bridgehead atoms. The van der Waals surface area contributed by atoms with Crippen molar-refractivity contribution in [1.82, 2.24) is 14.8 Å². The van der Waals surface area contributed by atoms with Crippen LogP contribution in [0.2, 0.25) is 0 Å². The normalized spacial score (nSPS) is 11.3. The summed E-state index contributed by atoms with van der Waals surface area (Å²) in [5.74, 6) is -1.36. The average molecular weight is 425 g/mol. The third-order valence-corrected chi connectivity index (χ3v) is 4.41. The smallest absolute Gasteiger partial charge is 0.419 e. The number of nitrogens with zero attached hydrogens (tertiary/aromatic N) is 3. The number of methoxy groups -OCH3 is 2. The molecule has 2 heterocycles. The van der Waals surface area contributed by atoms with Crippen molar-refractivity contribution in [3.63, 3.8) is 0 Å². The fourth-order valence-corrected chi connectivity index (χ4v) is 3.10. The second-order valence-electron chi connectivity index (χ2n) is 7.79. The number of fused-ring (bicyclic) bond motifs is 1. The highest BCUT2D eigenvalue weighted by Gasteiger charge is 2.23. The highest BCUT2D eigenvalue weighted by atomic mass is 16.6. The van der Waals surface area contributed by atoms with Crippen molar-refractivity contribution in [2.75, 3.05) is 14.2 Å². The van der Waals surface area contributed by atoms with Crippen molar-refractivity contribution < 1.29 is 28.6 Å². The van der Waals surface area contributed by atoms with E-state index < -0.39 is 23.6 Å². The number of aromatic nitrogens is 3. The number of hydrogen-bond acceptors (Lipinski definition) is 8. The molecule has 0 atom stereocenters. The van der Waals surface area contributed by atoms with E-state index in [0.717, 1.165) is 10.9 Å². The molecule has 0 aliphatic carbocycles.